The monoisotopic (exact) mass is 170 g/mol. The predicted molar refractivity (Wildman–Crippen MR) is 46.2 cm³/mol. The fourth-order valence-corrected chi connectivity index (χ4v) is 1.16. The van der Waals surface area contributed by atoms with Crippen LogP contribution in [-0.2, 0) is 6.42 Å². The van der Waals surface area contributed by atoms with E-state index in [9.17, 15) is 4.79 Å². The third-order valence-corrected chi connectivity index (χ3v) is 1.56. The maximum absolute atomic E-state index is 10.8. The van der Waals surface area contributed by atoms with Crippen molar-refractivity contribution in [2.75, 3.05) is 0 Å². The van der Waals surface area contributed by atoms with Gasteiger partial charge in [0.1, 0.15) is 4.64 Å². The van der Waals surface area contributed by atoms with Gasteiger partial charge >= 0.3 is 5.69 Å². The second kappa shape index (κ2) is 3.48. The van der Waals surface area contributed by atoms with E-state index < -0.39 is 0 Å². The summed E-state index contributed by atoms with van der Waals surface area (Å²) >= 11 is 4.83. The zero-order valence-corrected chi connectivity index (χ0v) is 7.12. The van der Waals surface area contributed by atoms with Gasteiger partial charge in [-0.3, -0.25) is 4.98 Å². The highest BCUT2D eigenvalue weighted by molar-refractivity contribution is 7.71. The van der Waals surface area contributed by atoms with E-state index in [1.165, 1.54) is 0 Å². The summed E-state index contributed by atoms with van der Waals surface area (Å²) in [6.45, 7) is 2.05. The molecule has 0 bridgehead atoms. The summed E-state index contributed by atoms with van der Waals surface area (Å²) < 4.78 is 0.497. The van der Waals surface area contributed by atoms with E-state index in [4.69, 9.17) is 12.2 Å². The Morgan fingerprint density at radius 1 is 1.55 bits per heavy atom. The summed E-state index contributed by atoms with van der Waals surface area (Å²) in [6, 6.07) is 1.78. The van der Waals surface area contributed by atoms with Crippen LogP contribution in [0.1, 0.15) is 19.0 Å². The highest BCUT2D eigenvalue weighted by Gasteiger charge is 1.91. The fraction of sp³-hybridized carbons (Fsp3) is 0.429. The van der Waals surface area contributed by atoms with E-state index in [2.05, 4.69) is 16.9 Å². The van der Waals surface area contributed by atoms with Crippen molar-refractivity contribution in [2.45, 2.75) is 19.8 Å². The summed E-state index contributed by atoms with van der Waals surface area (Å²) in [7, 11) is 0. The molecule has 0 aliphatic carbocycles. The Kier molecular flexibility index (Phi) is 2.59. The van der Waals surface area contributed by atoms with Crippen LogP contribution in [0.15, 0.2) is 10.9 Å². The number of hydrogen-bond acceptors (Lipinski definition) is 2. The molecule has 4 heteroatoms. The number of aromatic nitrogens is 2. The Labute approximate surface area is 69.5 Å². The van der Waals surface area contributed by atoms with Crippen LogP contribution in [0.4, 0.5) is 0 Å². The fourth-order valence-electron chi connectivity index (χ4n) is 0.923. The first kappa shape index (κ1) is 8.20. The van der Waals surface area contributed by atoms with Crippen LogP contribution in [0.25, 0.3) is 0 Å². The van der Waals surface area contributed by atoms with Gasteiger partial charge in [0.05, 0.1) is 0 Å². The quantitative estimate of drug-likeness (QED) is 0.659. The lowest BCUT2D eigenvalue weighted by molar-refractivity contribution is 0.855. The largest absolute Gasteiger partial charge is 0.324 e. The van der Waals surface area contributed by atoms with E-state index in [1.54, 1.807) is 6.07 Å². The maximum atomic E-state index is 10.8. The normalized spacial score (nSPS) is 9.91. The molecule has 1 aromatic rings. The molecule has 0 unspecified atom stereocenters. The smallest absolute Gasteiger partial charge is 0.311 e. The Morgan fingerprint density at radius 3 is 2.82 bits per heavy atom. The van der Waals surface area contributed by atoms with Gasteiger partial charge in [0.15, 0.2) is 0 Å². The van der Waals surface area contributed by atoms with E-state index in [1.807, 2.05) is 0 Å². The van der Waals surface area contributed by atoms with Gasteiger partial charge in [-0.05, 0) is 12.5 Å². The number of aryl methyl sites for hydroxylation is 1. The van der Waals surface area contributed by atoms with E-state index in [-0.39, 0.29) is 5.69 Å². The van der Waals surface area contributed by atoms with E-state index in [0.717, 1.165) is 18.5 Å². The summed E-state index contributed by atoms with van der Waals surface area (Å²) in [4.78, 5) is 16.0. The summed E-state index contributed by atoms with van der Waals surface area (Å²) in [5.74, 6) is 0. The molecule has 2 N–H and O–H groups in total. The molecule has 0 spiro atoms. The topological polar surface area (TPSA) is 48.6 Å². The van der Waals surface area contributed by atoms with Gasteiger partial charge in [-0.1, -0.05) is 25.6 Å². The standard InChI is InChI=1S/C7H10N2OS/c1-2-3-5-4-6(11)9-7(10)8-5/h4H,2-3H2,1H3,(H2,8,9,10,11). The number of rotatable bonds is 2. The third kappa shape index (κ3) is 2.31. The molecule has 0 fully saturated rings. The Balaban J connectivity index is 3.09. The second-order valence-corrected chi connectivity index (χ2v) is 2.80. The van der Waals surface area contributed by atoms with Crippen molar-refractivity contribution in [3.8, 4) is 0 Å². The van der Waals surface area contributed by atoms with E-state index >= 15 is 0 Å². The number of nitrogens with one attached hydrogen (secondary N) is 2. The minimum absolute atomic E-state index is 0.221. The zero-order chi connectivity index (χ0) is 8.27. The molecule has 0 atom stereocenters. The molecule has 0 aromatic carbocycles. The minimum Gasteiger partial charge on any atom is -0.311 e. The molecule has 0 amide bonds. The van der Waals surface area contributed by atoms with Crippen LogP contribution >= 0.6 is 12.2 Å². The van der Waals surface area contributed by atoms with Gasteiger partial charge in [0.2, 0.25) is 0 Å². The van der Waals surface area contributed by atoms with Gasteiger partial charge in [-0.25, -0.2) is 4.79 Å². The molecule has 1 aromatic heterocycles. The van der Waals surface area contributed by atoms with Crippen molar-refractivity contribution in [2.24, 2.45) is 0 Å². The highest BCUT2D eigenvalue weighted by Crippen LogP contribution is 1.94. The Bertz CT molecular complexity index is 311. The molecule has 1 rings (SSSR count). The lowest BCUT2D eigenvalue weighted by Crippen LogP contribution is -2.12. The van der Waals surface area contributed by atoms with Gasteiger partial charge in [-0.15, -0.1) is 0 Å². The van der Waals surface area contributed by atoms with Gasteiger partial charge in [0, 0.05) is 5.69 Å². The molecule has 0 aliphatic rings. The SMILES string of the molecule is CCCc1cc(=S)[nH]c(=O)[nH]1. The molecule has 0 saturated carbocycles. The molecular formula is C7H10N2OS. The van der Waals surface area contributed by atoms with Gasteiger partial charge in [0.25, 0.3) is 0 Å². The molecule has 3 nitrogen and oxygen atoms in total. The summed E-state index contributed by atoms with van der Waals surface area (Å²) in [6.07, 6.45) is 1.88. The van der Waals surface area contributed by atoms with Crippen molar-refractivity contribution >= 4 is 12.2 Å². The Hall–Kier alpha value is -0.900. The minimum atomic E-state index is -0.221. The van der Waals surface area contributed by atoms with Crippen LogP contribution in [0.3, 0.4) is 0 Å². The molecule has 11 heavy (non-hydrogen) atoms. The lowest BCUT2D eigenvalue weighted by Gasteiger charge is -1.95. The number of H-pyrrole nitrogens is 2. The van der Waals surface area contributed by atoms with Crippen LogP contribution in [-0.4, -0.2) is 9.97 Å². The molecule has 0 saturated heterocycles. The molecule has 1 heterocycles. The number of hydrogen-bond donors (Lipinski definition) is 2. The molecule has 60 valence electrons. The Morgan fingerprint density at radius 2 is 2.27 bits per heavy atom. The average molecular weight is 170 g/mol. The van der Waals surface area contributed by atoms with Crippen LogP contribution in [0, 0.1) is 4.64 Å². The summed E-state index contributed by atoms with van der Waals surface area (Å²) in [5.41, 5.74) is 0.683. The molecule has 0 aliphatic heterocycles. The third-order valence-electron chi connectivity index (χ3n) is 1.34. The van der Waals surface area contributed by atoms with Crippen LogP contribution < -0.4 is 5.69 Å². The van der Waals surface area contributed by atoms with Crippen molar-refractivity contribution in [1.82, 2.24) is 9.97 Å². The number of aromatic amines is 2. The summed E-state index contributed by atoms with van der Waals surface area (Å²) in [5, 5.41) is 0. The lowest BCUT2D eigenvalue weighted by atomic mass is 10.2. The zero-order valence-electron chi connectivity index (χ0n) is 6.31. The molecular weight excluding hydrogens is 160 g/mol. The highest BCUT2D eigenvalue weighted by atomic mass is 32.1. The maximum Gasteiger partial charge on any atom is 0.324 e. The van der Waals surface area contributed by atoms with E-state index in [0.29, 0.717) is 4.64 Å². The van der Waals surface area contributed by atoms with Crippen molar-refractivity contribution in [3.63, 3.8) is 0 Å². The first-order valence-corrected chi connectivity index (χ1v) is 3.95. The van der Waals surface area contributed by atoms with Crippen LogP contribution in [0.2, 0.25) is 0 Å². The van der Waals surface area contributed by atoms with Gasteiger partial charge < -0.3 is 4.98 Å². The first-order valence-electron chi connectivity index (χ1n) is 3.55. The predicted octanol–water partition coefficient (Wildman–Crippen LogP) is 1.38. The van der Waals surface area contributed by atoms with Crippen molar-refractivity contribution in [1.29, 1.82) is 0 Å². The molecule has 0 radical (unpaired) electrons. The average Bonchev–Trinajstić information content (AvgIpc) is 1.85. The van der Waals surface area contributed by atoms with Gasteiger partial charge in [-0.2, -0.15) is 0 Å². The van der Waals surface area contributed by atoms with Crippen LogP contribution in [0.5, 0.6) is 0 Å². The second-order valence-electron chi connectivity index (χ2n) is 2.36. The van der Waals surface area contributed by atoms with Crippen molar-refractivity contribution in [3.05, 3.63) is 26.9 Å². The first-order chi connectivity index (χ1) is 5.22. The van der Waals surface area contributed by atoms with Crippen molar-refractivity contribution < 1.29 is 0 Å².